The summed E-state index contributed by atoms with van der Waals surface area (Å²) in [6.07, 6.45) is 11.3. The molecule has 1 N–H and O–H groups in total. The number of pyridine rings is 1. The van der Waals surface area contributed by atoms with Crippen LogP contribution >= 0.6 is 22.9 Å². The minimum atomic E-state index is -1.00. The molecular formula is C29H27ClN4O4S. The fourth-order valence-corrected chi connectivity index (χ4v) is 7.33. The lowest BCUT2D eigenvalue weighted by Gasteiger charge is -2.46. The second kappa shape index (κ2) is 9.06. The third-order valence-corrected chi connectivity index (χ3v) is 9.66. The number of halogens is 1. The fourth-order valence-electron chi connectivity index (χ4n) is 6.00. The summed E-state index contributed by atoms with van der Waals surface area (Å²) in [5.41, 5.74) is 6.27. The molecule has 1 saturated heterocycles. The van der Waals surface area contributed by atoms with Gasteiger partial charge in [0.25, 0.3) is 0 Å². The lowest BCUT2D eigenvalue weighted by atomic mass is 9.63. The van der Waals surface area contributed by atoms with Crippen LogP contribution in [0.3, 0.4) is 0 Å². The molecule has 4 aromatic rings. The first kappa shape index (κ1) is 24.6. The average Bonchev–Trinajstić information content (AvgIpc) is 3.52. The smallest absolute Gasteiger partial charge is 0.339 e. The monoisotopic (exact) mass is 562 g/mol. The van der Waals surface area contributed by atoms with E-state index in [1.807, 2.05) is 13.1 Å². The Kier molecular flexibility index (Phi) is 5.72. The number of rotatable bonds is 6. The van der Waals surface area contributed by atoms with Gasteiger partial charge in [-0.25, -0.2) is 9.78 Å². The SMILES string of the molecule is COc1cc2nc(N3CCC4(C=C(c5c(-c6c(C)cncc6Cl)noc5C5CC5)C4)CC3)sc2cc1C(=O)O. The number of carboxylic acid groups (broad SMARTS) is 1. The van der Waals surface area contributed by atoms with E-state index in [-0.39, 0.29) is 11.0 Å². The van der Waals surface area contributed by atoms with E-state index in [1.165, 1.54) is 24.0 Å². The third-order valence-electron chi connectivity index (χ3n) is 8.30. The molecule has 0 amide bonds. The Hall–Kier alpha value is -3.43. The molecular weight excluding hydrogens is 536 g/mol. The number of carboxylic acids is 1. The molecule has 0 radical (unpaired) electrons. The Labute approximate surface area is 234 Å². The van der Waals surface area contributed by atoms with Crippen LogP contribution in [0.2, 0.25) is 5.02 Å². The van der Waals surface area contributed by atoms with Crippen LogP contribution in [0.1, 0.15) is 65.3 Å². The number of allylic oxidation sites excluding steroid dienone is 2. The molecule has 1 aromatic carbocycles. The number of aromatic nitrogens is 3. The quantitative estimate of drug-likeness (QED) is 0.269. The number of hydrogen-bond acceptors (Lipinski definition) is 8. The topological polar surface area (TPSA) is 102 Å². The van der Waals surface area contributed by atoms with Crippen LogP contribution in [0, 0.1) is 12.3 Å². The number of hydrogen-bond donors (Lipinski definition) is 1. The van der Waals surface area contributed by atoms with E-state index in [4.69, 9.17) is 25.8 Å². The Morgan fingerprint density at radius 2 is 2.00 bits per heavy atom. The number of nitrogens with zero attached hydrogens (tertiary/aromatic N) is 4. The minimum Gasteiger partial charge on any atom is -0.496 e. The van der Waals surface area contributed by atoms with Gasteiger partial charge in [0, 0.05) is 48.6 Å². The predicted octanol–water partition coefficient (Wildman–Crippen LogP) is 6.97. The second-order valence-electron chi connectivity index (χ2n) is 10.9. The summed E-state index contributed by atoms with van der Waals surface area (Å²) >= 11 is 8.12. The minimum absolute atomic E-state index is 0.159. The Bertz CT molecular complexity index is 1640. The van der Waals surface area contributed by atoms with Crippen molar-refractivity contribution in [2.45, 2.75) is 44.9 Å². The molecule has 4 heterocycles. The largest absolute Gasteiger partial charge is 0.496 e. The van der Waals surface area contributed by atoms with Gasteiger partial charge in [-0.2, -0.15) is 0 Å². The van der Waals surface area contributed by atoms with E-state index in [0.717, 1.165) is 88.7 Å². The van der Waals surface area contributed by atoms with E-state index in [9.17, 15) is 9.90 Å². The zero-order chi connectivity index (χ0) is 26.9. The van der Waals surface area contributed by atoms with Crippen molar-refractivity contribution < 1.29 is 19.2 Å². The highest BCUT2D eigenvalue weighted by atomic mass is 35.5. The maximum Gasteiger partial charge on any atom is 0.339 e. The van der Waals surface area contributed by atoms with Crippen molar-refractivity contribution in [3.8, 4) is 17.0 Å². The fraction of sp³-hybridized carbons (Fsp3) is 0.379. The molecule has 1 aliphatic heterocycles. The van der Waals surface area contributed by atoms with Crippen molar-refractivity contribution in [1.29, 1.82) is 0 Å². The molecule has 39 heavy (non-hydrogen) atoms. The van der Waals surface area contributed by atoms with Gasteiger partial charge in [-0.15, -0.1) is 0 Å². The summed E-state index contributed by atoms with van der Waals surface area (Å²) in [6, 6.07) is 3.38. The molecule has 1 spiro atoms. The van der Waals surface area contributed by atoms with Crippen molar-refractivity contribution in [3.63, 3.8) is 0 Å². The summed E-state index contributed by atoms with van der Waals surface area (Å²) in [5.74, 6) is 0.777. The molecule has 1 saturated carbocycles. The van der Waals surface area contributed by atoms with Gasteiger partial charge in [0.15, 0.2) is 5.13 Å². The number of aryl methyl sites for hydroxylation is 1. The summed E-state index contributed by atoms with van der Waals surface area (Å²) in [5, 5.41) is 15.6. The van der Waals surface area contributed by atoms with Crippen molar-refractivity contribution in [2.24, 2.45) is 5.41 Å². The van der Waals surface area contributed by atoms with Crippen molar-refractivity contribution >= 4 is 49.8 Å². The molecule has 10 heteroatoms. The molecule has 200 valence electrons. The molecule has 8 nitrogen and oxygen atoms in total. The molecule has 2 fully saturated rings. The summed E-state index contributed by atoms with van der Waals surface area (Å²) < 4.78 is 12.1. The summed E-state index contributed by atoms with van der Waals surface area (Å²) in [4.78, 5) is 23.0. The summed E-state index contributed by atoms with van der Waals surface area (Å²) in [6.45, 7) is 3.80. The van der Waals surface area contributed by atoms with E-state index >= 15 is 0 Å². The van der Waals surface area contributed by atoms with Gasteiger partial charge in [0.2, 0.25) is 0 Å². The number of carbonyl (C=O) groups is 1. The van der Waals surface area contributed by atoms with Crippen LogP contribution in [-0.2, 0) is 0 Å². The normalized spacial score (nSPS) is 18.3. The van der Waals surface area contributed by atoms with Gasteiger partial charge < -0.3 is 19.3 Å². The zero-order valence-electron chi connectivity index (χ0n) is 21.7. The Morgan fingerprint density at radius 3 is 2.67 bits per heavy atom. The van der Waals surface area contributed by atoms with Crippen LogP contribution < -0.4 is 9.64 Å². The third kappa shape index (κ3) is 4.10. The number of ether oxygens (including phenoxy) is 1. The molecule has 0 bridgehead atoms. The Morgan fingerprint density at radius 1 is 1.23 bits per heavy atom. The number of aromatic carboxylic acids is 1. The number of anilines is 1. The van der Waals surface area contributed by atoms with E-state index in [2.05, 4.69) is 21.1 Å². The van der Waals surface area contributed by atoms with Gasteiger partial charge in [-0.3, -0.25) is 4.98 Å². The van der Waals surface area contributed by atoms with Crippen LogP contribution in [0.15, 0.2) is 35.1 Å². The van der Waals surface area contributed by atoms with Crippen LogP contribution in [-0.4, -0.2) is 46.4 Å². The van der Waals surface area contributed by atoms with Gasteiger partial charge in [-0.1, -0.05) is 34.2 Å². The first-order valence-electron chi connectivity index (χ1n) is 13.1. The average molecular weight is 563 g/mol. The number of benzene rings is 1. The van der Waals surface area contributed by atoms with Crippen LogP contribution in [0.25, 0.3) is 27.0 Å². The highest BCUT2D eigenvalue weighted by Gasteiger charge is 2.44. The maximum atomic E-state index is 11.6. The lowest BCUT2D eigenvalue weighted by Crippen LogP contribution is -2.42. The highest BCUT2D eigenvalue weighted by Crippen LogP contribution is 2.56. The molecule has 0 atom stereocenters. The second-order valence-corrected chi connectivity index (χ2v) is 12.3. The zero-order valence-corrected chi connectivity index (χ0v) is 23.2. The molecule has 2 aliphatic carbocycles. The highest BCUT2D eigenvalue weighted by molar-refractivity contribution is 7.22. The van der Waals surface area contributed by atoms with Crippen molar-refractivity contribution in [2.75, 3.05) is 25.1 Å². The van der Waals surface area contributed by atoms with Crippen molar-refractivity contribution in [1.82, 2.24) is 15.1 Å². The number of thiazole rings is 1. The first-order valence-corrected chi connectivity index (χ1v) is 14.3. The molecule has 7 rings (SSSR count). The Balaban J connectivity index is 1.14. The van der Waals surface area contributed by atoms with E-state index < -0.39 is 5.97 Å². The number of fused-ring (bicyclic) bond motifs is 1. The molecule has 0 unspecified atom stereocenters. The van der Waals surface area contributed by atoms with Crippen LogP contribution in [0.4, 0.5) is 5.13 Å². The van der Waals surface area contributed by atoms with Crippen LogP contribution in [0.5, 0.6) is 5.75 Å². The van der Waals surface area contributed by atoms with Gasteiger partial charge in [0.05, 0.1) is 22.3 Å². The molecule has 3 aliphatic rings. The van der Waals surface area contributed by atoms with Gasteiger partial charge in [0.1, 0.15) is 22.8 Å². The lowest BCUT2D eigenvalue weighted by molar-refractivity contribution is 0.0693. The maximum absolute atomic E-state index is 11.6. The van der Waals surface area contributed by atoms with E-state index in [0.29, 0.717) is 16.7 Å². The first-order chi connectivity index (χ1) is 18.9. The molecule has 3 aromatic heterocycles. The number of methoxy groups -OCH3 is 1. The predicted molar refractivity (Wildman–Crippen MR) is 151 cm³/mol. The standard InChI is InChI=1S/C29H27ClN4O4S/c1-15-13-31-14-19(30)23(15)25-24(26(38-33-25)16-3-4-16)17-11-29(12-17)5-7-34(8-6-29)28-32-20-10-21(37-2)18(27(35)36)9-22(20)39-28/h9-11,13-14,16H,3-8,12H2,1-2H3,(H,35,36). The summed E-state index contributed by atoms with van der Waals surface area (Å²) in [7, 11) is 1.48. The van der Waals surface area contributed by atoms with Gasteiger partial charge >= 0.3 is 5.97 Å². The van der Waals surface area contributed by atoms with E-state index in [1.54, 1.807) is 18.3 Å². The van der Waals surface area contributed by atoms with Crippen molar-refractivity contribution in [3.05, 3.63) is 58.1 Å². The van der Waals surface area contributed by atoms with Gasteiger partial charge in [-0.05, 0) is 61.6 Å². The number of piperidine rings is 1.